The van der Waals surface area contributed by atoms with Crippen LogP contribution in [0.25, 0.3) is 0 Å². The van der Waals surface area contributed by atoms with Crippen LogP contribution in [0.4, 0.5) is 4.79 Å². The molecule has 0 aromatic heterocycles. The number of hydrogen-bond donors (Lipinski definition) is 4. The van der Waals surface area contributed by atoms with Gasteiger partial charge in [-0.15, -0.1) is 0 Å². The summed E-state index contributed by atoms with van der Waals surface area (Å²) in [5, 5.41) is 7.74. The Morgan fingerprint density at radius 2 is 2.00 bits per heavy atom. The molecule has 2 unspecified atom stereocenters. The van der Waals surface area contributed by atoms with Crippen LogP contribution in [0.1, 0.15) is 32.8 Å². The Hall–Kier alpha value is -2.82. The van der Waals surface area contributed by atoms with Crippen LogP contribution < -0.4 is 25.4 Å². The first-order chi connectivity index (χ1) is 14.6. The molecule has 2 rings (SSSR count). The van der Waals surface area contributed by atoms with Crippen molar-refractivity contribution in [2.24, 2.45) is 11.3 Å². The molecule has 1 aromatic rings. The molecule has 0 aliphatic carbocycles. The van der Waals surface area contributed by atoms with E-state index < -0.39 is 21.5 Å². The molecule has 10 nitrogen and oxygen atoms in total. The Labute approximate surface area is 182 Å². The minimum Gasteiger partial charge on any atom is -0.492 e. The van der Waals surface area contributed by atoms with E-state index in [0.717, 1.165) is 0 Å². The Balaban J connectivity index is 2.16. The summed E-state index contributed by atoms with van der Waals surface area (Å²) in [6.45, 7) is 6.32. The maximum absolute atomic E-state index is 12.8. The highest BCUT2D eigenvalue weighted by Crippen LogP contribution is 2.36. The summed E-state index contributed by atoms with van der Waals surface area (Å²) in [6.07, 6.45) is 0.721. The number of rotatable bonds is 9. The number of nitrogens with one attached hydrogen (secondary N) is 4. The highest BCUT2D eigenvalue weighted by atomic mass is 32.2. The summed E-state index contributed by atoms with van der Waals surface area (Å²) in [7, 11) is -2.85. The molecule has 0 saturated carbocycles. The zero-order chi connectivity index (χ0) is 23.2. The lowest BCUT2D eigenvalue weighted by atomic mass is 9.75. The molecule has 1 aliphatic rings. The van der Waals surface area contributed by atoms with Crippen LogP contribution in [0.3, 0.4) is 0 Å². The smallest absolute Gasteiger partial charge is 0.328 e. The molecule has 11 heteroatoms. The summed E-state index contributed by atoms with van der Waals surface area (Å²) in [5.41, 5.74) is -0.472. The van der Waals surface area contributed by atoms with Crippen LogP contribution in [0.15, 0.2) is 23.1 Å². The summed E-state index contributed by atoms with van der Waals surface area (Å²) in [6, 6.07) is 3.74. The molecule has 0 spiro atoms. The average Bonchev–Trinajstić information content (AvgIpc) is 3.03. The molecule has 0 radical (unpaired) electrons. The number of ether oxygens (including phenoxy) is 1. The first-order valence-electron chi connectivity index (χ1n) is 10.2. The van der Waals surface area contributed by atoms with Gasteiger partial charge in [0.1, 0.15) is 16.1 Å². The Morgan fingerprint density at radius 3 is 2.55 bits per heavy atom. The largest absolute Gasteiger partial charge is 0.492 e. The molecule has 31 heavy (non-hydrogen) atoms. The van der Waals surface area contributed by atoms with Gasteiger partial charge in [0.15, 0.2) is 0 Å². The van der Waals surface area contributed by atoms with Gasteiger partial charge in [-0.1, -0.05) is 19.9 Å². The standard InChI is InChI=1S/C20H30N4O6S/c1-5-20(13(3)12-23-18(20)26)17(25)22-10-9-14-7-8-15(30-6-2)16(11-14)31(28,29)24-19(27)21-4/h7-8,11,13H,5-6,9-10,12H2,1-4H3,(H,22,25)(H,23,26)(H2,21,24,27). The maximum atomic E-state index is 12.8. The topological polar surface area (TPSA) is 143 Å². The summed E-state index contributed by atoms with van der Waals surface area (Å²) in [4.78, 5) is 36.4. The minimum atomic E-state index is -4.16. The molecular weight excluding hydrogens is 424 g/mol. The first-order valence-corrected chi connectivity index (χ1v) is 11.7. The Kier molecular flexibility index (Phi) is 7.88. The quantitative estimate of drug-likeness (QED) is 0.401. The van der Waals surface area contributed by atoms with E-state index in [0.29, 0.717) is 24.9 Å². The second-order valence-corrected chi connectivity index (χ2v) is 8.99. The summed E-state index contributed by atoms with van der Waals surface area (Å²) in [5.74, 6) is -0.608. The van der Waals surface area contributed by atoms with Gasteiger partial charge < -0.3 is 20.7 Å². The molecule has 4 N–H and O–H groups in total. The van der Waals surface area contributed by atoms with Crippen molar-refractivity contribution < 1.29 is 27.5 Å². The normalized spacial score (nSPS) is 20.6. The molecule has 4 amide bonds. The van der Waals surface area contributed by atoms with E-state index in [4.69, 9.17) is 4.74 Å². The third kappa shape index (κ3) is 5.09. The van der Waals surface area contributed by atoms with Crippen molar-refractivity contribution in [1.29, 1.82) is 0 Å². The lowest BCUT2D eigenvalue weighted by molar-refractivity contribution is -0.143. The van der Waals surface area contributed by atoms with Gasteiger partial charge in [-0.2, -0.15) is 0 Å². The van der Waals surface area contributed by atoms with Gasteiger partial charge in [0.05, 0.1) is 6.61 Å². The second-order valence-electron chi connectivity index (χ2n) is 7.34. The number of carbonyl (C=O) groups is 3. The second kappa shape index (κ2) is 9.99. The fourth-order valence-electron chi connectivity index (χ4n) is 3.70. The van der Waals surface area contributed by atoms with E-state index in [1.54, 1.807) is 13.0 Å². The number of benzene rings is 1. The zero-order valence-corrected chi connectivity index (χ0v) is 19.0. The minimum absolute atomic E-state index is 0.119. The molecule has 1 aromatic carbocycles. The Morgan fingerprint density at radius 1 is 1.29 bits per heavy atom. The number of hydrogen-bond acceptors (Lipinski definition) is 6. The van der Waals surface area contributed by atoms with Gasteiger partial charge in [-0.25, -0.2) is 17.9 Å². The number of urea groups is 1. The van der Waals surface area contributed by atoms with Crippen molar-refractivity contribution in [3.63, 3.8) is 0 Å². The molecular formula is C20H30N4O6S. The number of amides is 4. The van der Waals surface area contributed by atoms with Crippen molar-refractivity contribution in [2.75, 3.05) is 26.7 Å². The molecule has 172 valence electrons. The van der Waals surface area contributed by atoms with Crippen LogP contribution in [0, 0.1) is 11.3 Å². The van der Waals surface area contributed by atoms with Crippen LogP contribution in [-0.4, -0.2) is 53.0 Å². The monoisotopic (exact) mass is 454 g/mol. The summed E-state index contributed by atoms with van der Waals surface area (Å²) >= 11 is 0. The van der Waals surface area contributed by atoms with Crippen LogP contribution in [0.2, 0.25) is 0 Å². The summed E-state index contributed by atoms with van der Waals surface area (Å²) < 4.78 is 32.5. The van der Waals surface area contributed by atoms with Gasteiger partial charge in [0, 0.05) is 20.1 Å². The van der Waals surface area contributed by atoms with E-state index in [2.05, 4.69) is 16.0 Å². The SMILES string of the molecule is CCOc1ccc(CCNC(=O)C2(CC)C(=O)NCC2C)cc1S(=O)(=O)NC(=O)NC. The molecule has 0 bridgehead atoms. The molecule has 1 saturated heterocycles. The number of sulfonamides is 1. The van der Waals surface area contributed by atoms with Crippen molar-refractivity contribution in [3.8, 4) is 5.75 Å². The third-order valence-corrected chi connectivity index (χ3v) is 6.88. The highest BCUT2D eigenvalue weighted by Gasteiger charge is 2.52. The lowest BCUT2D eigenvalue weighted by Gasteiger charge is -2.27. The van der Waals surface area contributed by atoms with E-state index in [-0.39, 0.29) is 41.5 Å². The van der Waals surface area contributed by atoms with E-state index in [1.807, 2.05) is 18.6 Å². The van der Waals surface area contributed by atoms with Crippen molar-refractivity contribution in [3.05, 3.63) is 23.8 Å². The fourth-order valence-corrected chi connectivity index (χ4v) is 4.85. The first kappa shape index (κ1) is 24.4. The van der Waals surface area contributed by atoms with Gasteiger partial charge in [0.25, 0.3) is 10.0 Å². The predicted octanol–water partition coefficient (Wildman–Crippen LogP) is 0.524. The van der Waals surface area contributed by atoms with Crippen LogP contribution >= 0.6 is 0 Å². The zero-order valence-electron chi connectivity index (χ0n) is 18.2. The van der Waals surface area contributed by atoms with Gasteiger partial charge in [-0.3, -0.25) is 9.59 Å². The van der Waals surface area contributed by atoms with Gasteiger partial charge in [-0.05, 0) is 43.4 Å². The third-order valence-electron chi connectivity index (χ3n) is 5.53. The number of carbonyl (C=O) groups excluding carboxylic acids is 3. The van der Waals surface area contributed by atoms with Gasteiger partial charge >= 0.3 is 6.03 Å². The van der Waals surface area contributed by atoms with E-state index in [9.17, 15) is 22.8 Å². The lowest BCUT2D eigenvalue weighted by Crippen LogP contribution is -2.48. The van der Waals surface area contributed by atoms with E-state index >= 15 is 0 Å². The van der Waals surface area contributed by atoms with Crippen molar-refractivity contribution in [2.45, 2.75) is 38.5 Å². The van der Waals surface area contributed by atoms with Gasteiger partial charge in [0.2, 0.25) is 11.8 Å². The van der Waals surface area contributed by atoms with Crippen molar-refractivity contribution >= 4 is 27.9 Å². The van der Waals surface area contributed by atoms with E-state index in [1.165, 1.54) is 19.2 Å². The average molecular weight is 455 g/mol. The van der Waals surface area contributed by atoms with Crippen LogP contribution in [-0.2, 0) is 26.0 Å². The molecule has 1 aliphatic heterocycles. The maximum Gasteiger partial charge on any atom is 0.328 e. The molecule has 1 heterocycles. The fraction of sp³-hybridized carbons (Fsp3) is 0.550. The predicted molar refractivity (Wildman–Crippen MR) is 114 cm³/mol. The highest BCUT2D eigenvalue weighted by molar-refractivity contribution is 7.90. The molecule has 2 atom stereocenters. The Bertz CT molecular complexity index is 949. The molecule has 1 fully saturated rings. The van der Waals surface area contributed by atoms with Crippen LogP contribution in [0.5, 0.6) is 5.75 Å². The van der Waals surface area contributed by atoms with Crippen molar-refractivity contribution in [1.82, 2.24) is 20.7 Å².